The van der Waals surface area contributed by atoms with Crippen LogP contribution in [0, 0.1) is 0 Å². The monoisotopic (exact) mass is 798 g/mol. The van der Waals surface area contributed by atoms with Gasteiger partial charge in [-0.2, -0.15) is 0 Å². The van der Waals surface area contributed by atoms with Gasteiger partial charge in [-0.25, -0.2) is 14.6 Å². The van der Waals surface area contributed by atoms with Crippen molar-refractivity contribution in [3.8, 4) is 23.0 Å². The van der Waals surface area contributed by atoms with Crippen LogP contribution in [0.5, 0.6) is 23.0 Å². The molecule has 0 unspecified atom stereocenters. The van der Waals surface area contributed by atoms with Crippen LogP contribution in [0.15, 0.2) is 80.1 Å². The maximum Gasteiger partial charge on any atom is 0.343 e. The van der Waals surface area contributed by atoms with Crippen molar-refractivity contribution in [2.45, 2.75) is 40.3 Å². The topological polar surface area (TPSA) is 124 Å². The van der Waals surface area contributed by atoms with Gasteiger partial charge in [0.15, 0.2) is 34.4 Å². The number of aromatic nitrogens is 1. The number of hydrogen-bond donors (Lipinski definition) is 0. The Hall–Kier alpha value is -4.59. The van der Waals surface area contributed by atoms with Gasteiger partial charge in [-0.15, -0.1) is 0 Å². The maximum absolute atomic E-state index is 14.3. The minimum absolute atomic E-state index is 0.128. The van der Waals surface area contributed by atoms with E-state index in [2.05, 4.69) is 20.9 Å². The lowest BCUT2D eigenvalue weighted by Crippen LogP contribution is -2.40. The standard InChI is InChI=1S/C37H36BrClN2O9S/c1-6-46-28-18-24(11-14-27(28)49-20-31(42)45-5)33-32(36(44)48-8-3)21(4)40-37-41(33)35(43)30(51-37)17-23-15-26(39)34(29(16-23)47-7-2)50-19-22-9-12-25(38)13-10-22/h9-18,33H,6-8,19-20H2,1-5H3/b30-17-/t33-/m0/s1. The van der Waals surface area contributed by atoms with Crippen molar-refractivity contribution in [2.75, 3.05) is 33.5 Å². The lowest BCUT2D eigenvalue weighted by Gasteiger charge is -2.25. The van der Waals surface area contributed by atoms with Crippen molar-refractivity contribution in [3.05, 3.63) is 112 Å². The molecule has 1 aromatic heterocycles. The second-order valence-corrected chi connectivity index (χ2v) is 13.3. The van der Waals surface area contributed by atoms with E-state index in [0.29, 0.717) is 67.4 Å². The highest BCUT2D eigenvalue weighted by molar-refractivity contribution is 9.10. The van der Waals surface area contributed by atoms with Gasteiger partial charge >= 0.3 is 11.9 Å². The average molecular weight is 800 g/mol. The van der Waals surface area contributed by atoms with Crippen molar-refractivity contribution in [1.82, 2.24) is 4.57 Å². The van der Waals surface area contributed by atoms with Gasteiger partial charge in [-0.05, 0) is 86.9 Å². The highest BCUT2D eigenvalue weighted by Gasteiger charge is 2.34. The molecule has 0 saturated heterocycles. The number of fused-ring (bicyclic) bond motifs is 1. The molecule has 0 N–H and O–H groups in total. The van der Waals surface area contributed by atoms with Crippen LogP contribution in [0.1, 0.15) is 50.4 Å². The van der Waals surface area contributed by atoms with E-state index in [1.165, 1.54) is 23.0 Å². The van der Waals surface area contributed by atoms with Gasteiger partial charge in [0.05, 0.1) is 53.8 Å². The van der Waals surface area contributed by atoms with Crippen LogP contribution in [-0.2, 0) is 25.7 Å². The van der Waals surface area contributed by atoms with Crippen LogP contribution in [-0.4, -0.2) is 50.0 Å². The first-order chi connectivity index (χ1) is 24.6. The largest absolute Gasteiger partial charge is 0.490 e. The average Bonchev–Trinajstić information content (AvgIpc) is 3.41. The van der Waals surface area contributed by atoms with Gasteiger partial charge in [-0.3, -0.25) is 9.36 Å². The Morgan fingerprint density at radius 2 is 1.67 bits per heavy atom. The van der Waals surface area contributed by atoms with Crippen molar-refractivity contribution < 1.29 is 38.0 Å². The summed E-state index contributed by atoms with van der Waals surface area (Å²) in [5, 5.41) is 0.313. The summed E-state index contributed by atoms with van der Waals surface area (Å²) in [6, 6.07) is 15.3. The molecular formula is C37H36BrClN2O9S. The molecule has 0 fully saturated rings. The molecule has 4 aromatic rings. The zero-order valence-electron chi connectivity index (χ0n) is 28.6. The third kappa shape index (κ3) is 8.66. The van der Waals surface area contributed by atoms with Crippen LogP contribution in [0.25, 0.3) is 6.08 Å². The van der Waals surface area contributed by atoms with Gasteiger partial charge in [0.2, 0.25) is 0 Å². The van der Waals surface area contributed by atoms with Crippen molar-refractivity contribution in [2.24, 2.45) is 4.99 Å². The molecule has 0 saturated carbocycles. The summed E-state index contributed by atoms with van der Waals surface area (Å²) in [6.07, 6.45) is 1.70. The molecule has 0 spiro atoms. The third-order valence-electron chi connectivity index (χ3n) is 7.60. The molecule has 1 aliphatic heterocycles. The molecule has 1 aliphatic rings. The number of thiazole rings is 1. The Balaban J connectivity index is 1.59. The lowest BCUT2D eigenvalue weighted by molar-refractivity contribution is -0.143. The predicted molar refractivity (Wildman–Crippen MR) is 197 cm³/mol. The fourth-order valence-electron chi connectivity index (χ4n) is 5.35. The van der Waals surface area contributed by atoms with Crippen molar-refractivity contribution in [1.29, 1.82) is 0 Å². The van der Waals surface area contributed by atoms with Gasteiger partial charge in [0.25, 0.3) is 5.56 Å². The van der Waals surface area contributed by atoms with E-state index in [0.717, 1.165) is 10.0 Å². The fourth-order valence-corrected chi connectivity index (χ4v) is 6.93. The molecular weight excluding hydrogens is 764 g/mol. The quantitative estimate of drug-likeness (QED) is 0.138. The van der Waals surface area contributed by atoms with E-state index in [9.17, 15) is 14.4 Å². The zero-order chi connectivity index (χ0) is 36.7. The summed E-state index contributed by atoms with van der Waals surface area (Å²) in [6.45, 7) is 7.80. The molecule has 1 atom stereocenters. The van der Waals surface area contributed by atoms with Crippen molar-refractivity contribution >= 4 is 56.9 Å². The molecule has 2 heterocycles. The second-order valence-electron chi connectivity index (χ2n) is 11.0. The lowest BCUT2D eigenvalue weighted by atomic mass is 9.95. The molecule has 268 valence electrons. The van der Waals surface area contributed by atoms with Gasteiger partial charge in [0, 0.05) is 4.47 Å². The first kappa shape index (κ1) is 37.7. The smallest absolute Gasteiger partial charge is 0.343 e. The van der Waals surface area contributed by atoms with Crippen molar-refractivity contribution in [3.63, 3.8) is 0 Å². The molecule has 0 bridgehead atoms. The molecule has 0 aliphatic carbocycles. The Bertz CT molecular complexity index is 2140. The normalized spacial score (nSPS) is 14.0. The molecule has 14 heteroatoms. The number of carbonyl (C=O) groups excluding carboxylic acids is 2. The number of ether oxygens (including phenoxy) is 6. The van der Waals surface area contributed by atoms with E-state index in [4.69, 9.17) is 40.0 Å². The summed E-state index contributed by atoms with van der Waals surface area (Å²) < 4.78 is 36.4. The number of allylic oxidation sites excluding steroid dienone is 1. The minimum Gasteiger partial charge on any atom is -0.490 e. The van der Waals surface area contributed by atoms with Gasteiger partial charge in [-0.1, -0.05) is 57.1 Å². The highest BCUT2D eigenvalue weighted by atomic mass is 79.9. The van der Waals surface area contributed by atoms with E-state index in [-0.39, 0.29) is 31.0 Å². The Morgan fingerprint density at radius 1 is 0.941 bits per heavy atom. The number of halogens is 2. The zero-order valence-corrected chi connectivity index (χ0v) is 31.8. The van der Waals surface area contributed by atoms with Crippen LogP contribution in [0.3, 0.4) is 0 Å². The first-order valence-electron chi connectivity index (χ1n) is 16.1. The fraction of sp³-hybridized carbons (Fsp3) is 0.297. The number of esters is 2. The molecule has 5 rings (SSSR count). The summed E-state index contributed by atoms with van der Waals surface area (Å²) in [4.78, 5) is 44.5. The Kier molecular flexibility index (Phi) is 12.6. The van der Waals surface area contributed by atoms with Crippen LogP contribution < -0.4 is 33.8 Å². The van der Waals surface area contributed by atoms with E-state index in [1.807, 2.05) is 31.2 Å². The SMILES string of the molecule is CCOC(=O)C1=C(C)N=c2s/c(=C\c3cc(Cl)c(OCc4ccc(Br)cc4)c(OCC)c3)c(=O)n2[C@H]1c1ccc(OCC(=O)OC)c(OCC)c1. The van der Waals surface area contributed by atoms with Gasteiger partial charge in [0.1, 0.15) is 6.61 Å². The highest BCUT2D eigenvalue weighted by Crippen LogP contribution is 2.38. The second kappa shape index (κ2) is 17.1. The molecule has 51 heavy (non-hydrogen) atoms. The minimum atomic E-state index is -0.909. The Morgan fingerprint density at radius 3 is 2.35 bits per heavy atom. The summed E-state index contributed by atoms with van der Waals surface area (Å²) >= 11 is 11.4. The van der Waals surface area contributed by atoms with Crippen LogP contribution in [0.4, 0.5) is 0 Å². The van der Waals surface area contributed by atoms with Crippen LogP contribution >= 0.6 is 38.9 Å². The van der Waals surface area contributed by atoms with E-state index < -0.39 is 18.0 Å². The number of hydrogen-bond acceptors (Lipinski definition) is 11. The van der Waals surface area contributed by atoms with Gasteiger partial charge < -0.3 is 28.4 Å². The number of benzene rings is 3. The van der Waals surface area contributed by atoms with E-state index >= 15 is 0 Å². The predicted octanol–water partition coefficient (Wildman–Crippen LogP) is 6.14. The number of methoxy groups -OCH3 is 1. The molecule has 3 aromatic carbocycles. The summed E-state index contributed by atoms with van der Waals surface area (Å²) in [7, 11) is 1.27. The molecule has 0 radical (unpaired) electrons. The van der Waals surface area contributed by atoms with Crippen LogP contribution in [0.2, 0.25) is 5.02 Å². The summed E-state index contributed by atoms with van der Waals surface area (Å²) in [5.74, 6) is 0.266. The maximum atomic E-state index is 14.3. The number of nitrogens with zero attached hydrogens (tertiary/aromatic N) is 2. The first-order valence-corrected chi connectivity index (χ1v) is 18.1. The third-order valence-corrected chi connectivity index (χ3v) is 9.39. The number of rotatable bonds is 14. The number of carbonyl (C=O) groups is 2. The van der Waals surface area contributed by atoms with E-state index in [1.54, 1.807) is 57.2 Å². The molecule has 0 amide bonds. The molecule has 11 nitrogen and oxygen atoms in total. The summed E-state index contributed by atoms with van der Waals surface area (Å²) in [5.41, 5.74) is 2.33. The Labute approximate surface area is 311 Å².